The summed E-state index contributed by atoms with van der Waals surface area (Å²) in [5.74, 6) is -0.328. The first-order chi connectivity index (χ1) is 10.2. The summed E-state index contributed by atoms with van der Waals surface area (Å²) in [6, 6.07) is 12.2. The van der Waals surface area contributed by atoms with Crippen molar-refractivity contribution in [1.82, 2.24) is 4.98 Å². The summed E-state index contributed by atoms with van der Waals surface area (Å²) < 4.78 is 11.7. The van der Waals surface area contributed by atoms with Crippen molar-refractivity contribution in [2.24, 2.45) is 0 Å². The van der Waals surface area contributed by atoms with Gasteiger partial charge >= 0.3 is 5.97 Å². The Morgan fingerprint density at radius 2 is 2.05 bits per heavy atom. The first kappa shape index (κ1) is 13.4. The second-order valence-electron chi connectivity index (χ2n) is 4.22. The lowest BCUT2D eigenvalue weighted by atomic mass is 10.2. The van der Waals surface area contributed by atoms with Crippen molar-refractivity contribution in [3.63, 3.8) is 0 Å². The number of carbonyl (C=O) groups is 1. The summed E-state index contributed by atoms with van der Waals surface area (Å²) in [6.45, 7) is 0. The number of hydrogen-bond donors (Lipinski definition) is 1. The number of carboxylic acids is 1. The van der Waals surface area contributed by atoms with Gasteiger partial charge in [0, 0.05) is 6.07 Å². The number of fused-ring (bicyclic) bond motifs is 1. The molecule has 0 bridgehead atoms. The van der Waals surface area contributed by atoms with Crippen LogP contribution in [-0.2, 0) is 0 Å². The fraction of sp³-hybridized carbons (Fsp3) is 0.0667. The zero-order valence-corrected chi connectivity index (χ0v) is 11.9. The van der Waals surface area contributed by atoms with Gasteiger partial charge in [-0.3, -0.25) is 0 Å². The lowest BCUT2D eigenvalue weighted by molar-refractivity contribution is 0.0694. The third-order valence-corrected chi connectivity index (χ3v) is 3.81. The van der Waals surface area contributed by atoms with Gasteiger partial charge in [-0.25, -0.2) is 9.78 Å². The highest BCUT2D eigenvalue weighted by Crippen LogP contribution is 2.34. The second-order valence-corrected chi connectivity index (χ2v) is 5.21. The Bertz CT molecular complexity index is 779. The molecule has 21 heavy (non-hydrogen) atoms. The number of nitrogens with zero attached hydrogens (tertiary/aromatic N) is 1. The fourth-order valence-corrected chi connectivity index (χ4v) is 2.71. The van der Waals surface area contributed by atoms with Gasteiger partial charge in [-0.2, -0.15) is 0 Å². The molecule has 0 radical (unpaired) electrons. The van der Waals surface area contributed by atoms with Crippen molar-refractivity contribution >= 4 is 27.5 Å². The Labute approximate surface area is 124 Å². The molecule has 0 spiro atoms. The zero-order valence-electron chi connectivity index (χ0n) is 11.1. The highest BCUT2D eigenvalue weighted by atomic mass is 32.1. The zero-order chi connectivity index (χ0) is 14.8. The molecular weight excluding hydrogens is 290 g/mol. The summed E-state index contributed by atoms with van der Waals surface area (Å²) in [6.07, 6.45) is 0. The van der Waals surface area contributed by atoms with Gasteiger partial charge in [0.25, 0.3) is 5.19 Å². The van der Waals surface area contributed by atoms with Crippen LogP contribution in [0.1, 0.15) is 10.4 Å². The molecular formula is C15H11NO4S. The Balaban J connectivity index is 2.01. The fourth-order valence-electron chi connectivity index (χ4n) is 1.88. The summed E-state index contributed by atoms with van der Waals surface area (Å²) in [5, 5.41) is 9.60. The monoisotopic (exact) mass is 301 g/mol. The number of carboxylic acid groups (broad SMARTS) is 1. The predicted molar refractivity (Wildman–Crippen MR) is 79.6 cm³/mol. The van der Waals surface area contributed by atoms with Gasteiger partial charge in [0.05, 0.1) is 17.3 Å². The maximum Gasteiger partial charge on any atom is 0.339 e. The lowest BCUT2D eigenvalue weighted by Gasteiger charge is -2.07. The summed E-state index contributed by atoms with van der Waals surface area (Å²) in [4.78, 5) is 15.6. The van der Waals surface area contributed by atoms with E-state index in [1.807, 2.05) is 24.3 Å². The molecule has 0 atom stereocenters. The van der Waals surface area contributed by atoms with Crippen LogP contribution in [0.5, 0.6) is 16.7 Å². The predicted octanol–water partition coefficient (Wildman–Crippen LogP) is 3.80. The van der Waals surface area contributed by atoms with Crippen molar-refractivity contribution in [3.05, 3.63) is 48.0 Å². The average molecular weight is 301 g/mol. The van der Waals surface area contributed by atoms with Crippen LogP contribution in [0.2, 0.25) is 0 Å². The number of rotatable bonds is 4. The second kappa shape index (κ2) is 5.41. The molecule has 0 fully saturated rings. The van der Waals surface area contributed by atoms with Gasteiger partial charge in [-0.15, -0.1) is 0 Å². The maximum absolute atomic E-state index is 11.2. The first-order valence-electron chi connectivity index (χ1n) is 6.12. The van der Waals surface area contributed by atoms with E-state index in [-0.39, 0.29) is 11.3 Å². The Morgan fingerprint density at radius 1 is 1.24 bits per heavy atom. The molecule has 5 nitrogen and oxygen atoms in total. The molecule has 6 heteroatoms. The quantitative estimate of drug-likeness (QED) is 0.794. The first-order valence-corrected chi connectivity index (χ1v) is 6.94. The van der Waals surface area contributed by atoms with E-state index in [2.05, 4.69) is 4.98 Å². The van der Waals surface area contributed by atoms with Crippen LogP contribution in [0.25, 0.3) is 10.2 Å². The van der Waals surface area contributed by atoms with Gasteiger partial charge < -0.3 is 14.6 Å². The molecule has 1 heterocycles. The van der Waals surface area contributed by atoms with Gasteiger partial charge in [0.15, 0.2) is 0 Å². The van der Waals surface area contributed by atoms with Crippen molar-refractivity contribution in [1.29, 1.82) is 0 Å². The molecule has 3 rings (SSSR count). The minimum atomic E-state index is -1.06. The maximum atomic E-state index is 11.2. The molecule has 1 N–H and O–H groups in total. The van der Waals surface area contributed by atoms with Crippen LogP contribution < -0.4 is 9.47 Å². The molecule has 1 aromatic heterocycles. The van der Waals surface area contributed by atoms with Crippen LogP contribution in [-0.4, -0.2) is 23.2 Å². The molecule has 106 valence electrons. The van der Waals surface area contributed by atoms with E-state index >= 15 is 0 Å². The summed E-state index contributed by atoms with van der Waals surface area (Å²) in [5.41, 5.74) is 0.882. The van der Waals surface area contributed by atoms with Crippen molar-refractivity contribution < 1.29 is 19.4 Å². The van der Waals surface area contributed by atoms with Gasteiger partial charge in [0.1, 0.15) is 17.1 Å². The Hall–Kier alpha value is -2.60. The van der Waals surface area contributed by atoms with Gasteiger partial charge in [-0.1, -0.05) is 23.5 Å². The number of para-hydroxylation sites is 1. The molecule has 3 aromatic rings. The normalized spacial score (nSPS) is 10.5. The van der Waals surface area contributed by atoms with Crippen LogP contribution in [0, 0.1) is 0 Å². The van der Waals surface area contributed by atoms with E-state index in [9.17, 15) is 9.90 Å². The molecule has 0 saturated carbocycles. The van der Waals surface area contributed by atoms with E-state index in [0.717, 1.165) is 10.2 Å². The average Bonchev–Trinajstić information content (AvgIpc) is 2.89. The largest absolute Gasteiger partial charge is 0.497 e. The number of benzene rings is 2. The number of methoxy groups -OCH3 is 1. The highest BCUT2D eigenvalue weighted by molar-refractivity contribution is 7.20. The van der Waals surface area contributed by atoms with E-state index in [0.29, 0.717) is 10.9 Å². The van der Waals surface area contributed by atoms with Crippen molar-refractivity contribution in [2.45, 2.75) is 0 Å². The number of aromatic nitrogens is 1. The summed E-state index contributed by atoms with van der Waals surface area (Å²) in [7, 11) is 1.51. The highest BCUT2D eigenvalue weighted by Gasteiger charge is 2.15. The van der Waals surface area contributed by atoms with Crippen LogP contribution >= 0.6 is 11.3 Å². The molecule has 0 aliphatic heterocycles. The number of aromatic carboxylic acids is 1. The SMILES string of the molecule is COc1ccc(C(=O)O)c(Oc2nc3ccccc3s2)c1. The Morgan fingerprint density at radius 3 is 2.76 bits per heavy atom. The molecule has 0 aliphatic rings. The topological polar surface area (TPSA) is 68.7 Å². The minimum absolute atomic E-state index is 0.0649. The van der Waals surface area contributed by atoms with Crippen LogP contribution in [0.4, 0.5) is 0 Å². The minimum Gasteiger partial charge on any atom is -0.497 e. The standard InChI is InChI=1S/C15H11NO4S/c1-19-9-6-7-10(14(17)18)12(8-9)20-15-16-11-4-2-3-5-13(11)21-15/h2-8H,1H3,(H,17,18). The van der Waals surface area contributed by atoms with Gasteiger partial charge in [0.2, 0.25) is 0 Å². The van der Waals surface area contributed by atoms with E-state index < -0.39 is 5.97 Å². The van der Waals surface area contributed by atoms with E-state index in [4.69, 9.17) is 9.47 Å². The summed E-state index contributed by atoms with van der Waals surface area (Å²) >= 11 is 1.36. The van der Waals surface area contributed by atoms with Gasteiger partial charge in [-0.05, 0) is 24.3 Å². The lowest BCUT2D eigenvalue weighted by Crippen LogP contribution is -2.00. The number of thiazole rings is 1. The van der Waals surface area contributed by atoms with E-state index in [1.54, 1.807) is 6.07 Å². The molecule has 2 aromatic carbocycles. The van der Waals surface area contributed by atoms with E-state index in [1.165, 1.54) is 30.6 Å². The number of hydrogen-bond acceptors (Lipinski definition) is 5. The Kier molecular flexibility index (Phi) is 3.45. The molecule has 0 unspecified atom stereocenters. The molecule has 0 aliphatic carbocycles. The molecule has 0 amide bonds. The van der Waals surface area contributed by atoms with Crippen molar-refractivity contribution in [2.75, 3.05) is 7.11 Å². The van der Waals surface area contributed by atoms with Crippen molar-refractivity contribution in [3.8, 4) is 16.7 Å². The van der Waals surface area contributed by atoms with Crippen LogP contribution in [0.3, 0.4) is 0 Å². The smallest absolute Gasteiger partial charge is 0.339 e. The number of ether oxygens (including phenoxy) is 2. The third kappa shape index (κ3) is 2.66. The van der Waals surface area contributed by atoms with Crippen LogP contribution in [0.15, 0.2) is 42.5 Å². The third-order valence-electron chi connectivity index (χ3n) is 2.89. The molecule has 0 saturated heterocycles.